The zero-order valence-electron chi connectivity index (χ0n) is 14.0. The maximum absolute atomic E-state index is 13.7. The lowest BCUT2D eigenvalue weighted by atomic mass is 10.0. The summed E-state index contributed by atoms with van der Waals surface area (Å²) in [5, 5.41) is 3.24. The first-order valence-electron chi connectivity index (χ1n) is 7.75. The number of rotatable bonds is 4. The average Bonchev–Trinajstić information content (AvgIpc) is 2.61. The highest BCUT2D eigenvalue weighted by molar-refractivity contribution is 7.89. The Morgan fingerprint density at radius 1 is 1.27 bits per heavy atom. The van der Waals surface area contributed by atoms with Gasteiger partial charge in [-0.25, -0.2) is 12.8 Å². The fourth-order valence-corrected chi connectivity index (χ4v) is 4.94. The molecule has 0 amide bonds. The molecule has 3 rings (SSSR count). The first kappa shape index (κ1) is 20.9. The van der Waals surface area contributed by atoms with Crippen molar-refractivity contribution < 1.29 is 17.5 Å². The molecule has 0 radical (unpaired) electrons. The third kappa shape index (κ3) is 4.13. The molecule has 26 heavy (non-hydrogen) atoms. The number of methoxy groups -OCH3 is 1. The summed E-state index contributed by atoms with van der Waals surface area (Å²) in [6.45, 7) is 1.20. The molecule has 0 aromatic heterocycles. The van der Waals surface area contributed by atoms with Crippen LogP contribution in [0.5, 0.6) is 5.75 Å². The predicted molar refractivity (Wildman–Crippen MR) is 101 cm³/mol. The number of ether oxygens (including phenoxy) is 1. The van der Waals surface area contributed by atoms with Crippen LogP contribution in [0.1, 0.15) is 11.6 Å². The molecule has 1 aliphatic heterocycles. The smallest absolute Gasteiger partial charge is 0.243 e. The summed E-state index contributed by atoms with van der Waals surface area (Å²) >= 11 is 5.84. The first-order valence-corrected chi connectivity index (χ1v) is 9.57. The minimum atomic E-state index is -3.92. The van der Waals surface area contributed by atoms with E-state index < -0.39 is 21.9 Å². The summed E-state index contributed by atoms with van der Waals surface area (Å²) in [6, 6.07) is 10.1. The Balaban J connectivity index is 0.00000243. The zero-order valence-corrected chi connectivity index (χ0v) is 16.4. The minimum Gasteiger partial charge on any atom is -0.496 e. The summed E-state index contributed by atoms with van der Waals surface area (Å²) in [7, 11) is -2.37. The molecule has 1 N–H and O–H groups in total. The van der Waals surface area contributed by atoms with Crippen LogP contribution in [0.4, 0.5) is 4.39 Å². The molecule has 1 fully saturated rings. The Hall–Kier alpha value is -1.38. The van der Waals surface area contributed by atoms with E-state index in [1.165, 1.54) is 10.4 Å². The van der Waals surface area contributed by atoms with Crippen LogP contribution in [0.15, 0.2) is 47.4 Å². The lowest BCUT2D eigenvalue weighted by molar-refractivity contribution is 0.264. The largest absolute Gasteiger partial charge is 0.496 e. The van der Waals surface area contributed by atoms with E-state index in [0.29, 0.717) is 18.8 Å². The summed E-state index contributed by atoms with van der Waals surface area (Å²) in [4.78, 5) is -0.153. The summed E-state index contributed by atoms with van der Waals surface area (Å²) in [5.74, 6) is -0.0799. The van der Waals surface area contributed by atoms with Crippen molar-refractivity contribution in [2.45, 2.75) is 10.9 Å². The van der Waals surface area contributed by atoms with E-state index in [2.05, 4.69) is 5.32 Å². The molecular formula is C17H19Cl2FN2O3S. The molecular weight excluding hydrogens is 402 g/mol. The fourth-order valence-electron chi connectivity index (χ4n) is 2.99. The third-order valence-electron chi connectivity index (χ3n) is 4.13. The Kier molecular flexibility index (Phi) is 6.87. The molecule has 1 atom stereocenters. The van der Waals surface area contributed by atoms with Crippen LogP contribution < -0.4 is 10.1 Å². The van der Waals surface area contributed by atoms with Gasteiger partial charge in [-0.1, -0.05) is 29.8 Å². The first-order chi connectivity index (χ1) is 11.9. The van der Waals surface area contributed by atoms with Crippen molar-refractivity contribution in [3.05, 3.63) is 58.9 Å². The molecule has 2 aromatic carbocycles. The molecule has 5 nitrogen and oxygen atoms in total. The van der Waals surface area contributed by atoms with Crippen molar-refractivity contribution in [2.75, 3.05) is 26.7 Å². The number of para-hydroxylation sites is 1. The van der Waals surface area contributed by atoms with Gasteiger partial charge in [-0.2, -0.15) is 4.31 Å². The number of piperazine rings is 1. The topological polar surface area (TPSA) is 58.6 Å². The maximum atomic E-state index is 13.7. The SMILES string of the molecule is COc1ccccc1C1CNCCN1S(=O)(=O)c1cc(F)cc(Cl)c1.Cl. The van der Waals surface area contributed by atoms with Crippen LogP contribution in [0, 0.1) is 5.82 Å². The second-order valence-corrected chi connectivity index (χ2v) is 8.01. The van der Waals surface area contributed by atoms with Gasteiger partial charge in [0.05, 0.1) is 18.0 Å². The van der Waals surface area contributed by atoms with E-state index in [1.54, 1.807) is 13.2 Å². The highest BCUT2D eigenvalue weighted by Crippen LogP contribution is 2.34. The number of sulfonamides is 1. The van der Waals surface area contributed by atoms with Crippen LogP contribution >= 0.6 is 24.0 Å². The van der Waals surface area contributed by atoms with Gasteiger partial charge in [0.1, 0.15) is 11.6 Å². The van der Waals surface area contributed by atoms with Crippen LogP contribution in [-0.4, -0.2) is 39.5 Å². The number of nitrogens with one attached hydrogen (secondary N) is 1. The standard InChI is InChI=1S/C17H18ClFN2O3S.ClH/c1-24-17-5-3-2-4-15(17)16-11-20-6-7-21(16)25(22,23)14-9-12(18)8-13(19)10-14;/h2-5,8-10,16,20H,6-7,11H2,1H3;1H. The van der Waals surface area contributed by atoms with E-state index in [1.807, 2.05) is 18.2 Å². The third-order valence-corrected chi connectivity index (χ3v) is 6.24. The fraction of sp³-hybridized carbons (Fsp3) is 0.294. The van der Waals surface area contributed by atoms with Gasteiger partial charge < -0.3 is 10.1 Å². The molecule has 1 heterocycles. The molecule has 9 heteroatoms. The van der Waals surface area contributed by atoms with Crippen LogP contribution in [0.2, 0.25) is 5.02 Å². The monoisotopic (exact) mass is 420 g/mol. The molecule has 0 spiro atoms. The van der Waals surface area contributed by atoms with Crippen molar-refractivity contribution in [3.8, 4) is 5.75 Å². The van der Waals surface area contributed by atoms with E-state index >= 15 is 0 Å². The summed E-state index contributed by atoms with van der Waals surface area (Å²) in [6.07, 6.45) is 0. The van der Waals surface area contributed by atoms with Crippen molar-refractivity contribution >= 4 is 34.0 Å². The average molecular weight is 421 g/mol. The van der Waals surface area contributed by atoms with Gasteiger partial charge in [0.2, 0.25) is 10.0 Å². The van der Waals surface area contributed by atoms with Crippen molar-refractivity contribution in [1.82, 2.24) is 9.62 Å². The highest BCUT2D eigenvalue weighted by Gasteiger charge is 2.36. The number of benzene rings is 2. The molecule has 1 unspecified atom stereocenters. The van der Waals surface area contributed by atoms with E-state index in [4.69, 9.17) is 16.3 Å². The second-order valence-electron chi connectivity index (χ2n) is 5.68. The Bertz CT molecular complexity index is 860. The summed E-state index contributed by atoms with van der Waals surface area (Å²) < 4.78 is 46.6. The van der Waals surface area contributed by atoms with Crippen LogP contribution in [0.3, 0.4) is 0 Å². The Morgan fingerprint density at radius 3 is 2.69 bits per heavy atom. The summed E-state index contributed by atoms with van der Waals surface area (Å²) in [5.41, 5.74) is 0.753. The molecule has 0 aliphatic carbocycles. The van der Waals surface area contributed by atoms with E-state index in [0.717, 1.165) is 17.7 Å². The molecule has 0 saturated carbocycles. The molecule has 1 aliphatic rings. The highest BCUT2D eigenvalue weighted by atomic mass is 35.5. The number of hydrogen-bond acceptors (Lipinski definition) is 4. The van der Waals surface area contributed by atoms with Gasteiger partial charge in [0.25, 0.3) is 0 Å². The van der Waals surface area contributed by atoms with Crippen molar-refractivity contribution in [2.24, 2.45) is 0 Å². The van der Waals surface area contributed by atoms with E-state index in [-0.39, 0.29) is 28.9 Å². The lowest BCUT2D eigenvalue weighted by Gasteiger charge is -2.36. The zero-order chi connectivity index (χ0) is 18.0. The minimum absolute atomic E-state index is 0. The molecule has 0 bridgehead atoms. The van der Waals surface area contributed by atoms with Gasteiger partial charge in [0, 0.05) is 30.2 Å². The lowest BCUT2D eigenvalue weighted by Crippen LogP contribution is -2.48. The Labute approximate surface area is 163 Å². The Morgan fingerprint density at radius 2 is 2.00 bits per heavy atom. The van der Waals surface area contributed by atoms with Crippen molar-refractivity contribution in [1.29, 1.82) is 0 Å². The number of nitrogens with zero attached hydrogens (tertiary/aromatic N) is 1. The van der Waals surface area contributed by atoms with Crippen molar-refractivity contribution in [3.63, 3.8) is 0 Å². The number of hydrogen-bond donors (Lipinski definition) is 1. The second kappa shape index (κ2) is 8.54. The molecule has 2 aromatic rings. The molecule has 1 saturated heterocycles. The van der Waals surface area contributed by atoms with Crippen LogP contribution in [0.25, 0.3) is 0 Å². The van der Waals surface area contributed by atoms with Crippen LogP contribution in [-0.2, 0) is 10.0 Å². The van der Waals surface area contributed by atoms with Gasteiger partial charge in [0.15, 0.2) is 0 Å². The predicted octanol–water partition coefficient (Wildman–Crippen LogP) is 3.24. The van der Waals surface area contributed by atoms with Gasteiger partial charge >= 0.3 is 0 Å². The maximum Gasteiger partial charge on any atom is 0.243 e. The molecule has 142 valence electrons. The quantitative estimate of drug-likeness (QED) is 0.824. The van der Waals surface area contributed by atoms with Gasteiger partial charge in [-0.3, -0.25) is 0 Å². The normalized spacial score (nSPS) is 18.2. The van der Waals surface area contributed by atoms with Gasteiger partial charge in [-0.15, -0.1) is 12.4 Å². The van der Waals surface area contributed by atoms with Gasteiger partial charge in [-0.05, 0) is 24.3 Å². The number of halogens is 3. The van der Waals surface area contributed by atoms with E-state index in [9.17, 15) is 12.8 Å².